The molecular formula is C16H16N2O. The molecule has 1 N–H and O–H groups in total. The lowest BCUT2D eigenvalue weighted by Gasteiger charge is -2.05. The van der Waals surface area contributed by atoms with E-state index in [9.17, 15) is 0 Å². The zero-order valence-electron chi connectivity index (χ0n) is 11.1. The summed E-state index contributed by atoms with van der Waals surface area (Å²) in [4.78, 5) is 4.32. The zero-order valence-corrected chi connectivity index (χ0v) is 11.1. The lowest BCUT2D eigenvalue weighted by molar-refractivity contribution is 0.458. The number of hydrogen-bond acceptors (Lipinski definition) is 3. The maximum atomic E-state index is 5.89. The van der Waals surface area contributed by atoms with Crippen LogP contribution in [0.15, 0.2) is 53.1 Å². The van der Waals surface area contributed by atoms with Crippen LogP contribution in [0.4, 0.5) is 0 Å². The Morgan fingerprint density at radius 2 is 2.05 bits per heavy atom. The smallest absolute Gasteiger partial charge is 0.134 e. The number of pyridine rings is 1. The minimum absolute atomic E-state index is 0.218. The van der Waals surface area contributed by atoms with Crippen LogP contribution in [-0.2, 0) is 0 Å². The molecule has 0 saturated carbocycles. The molecule has 3 aromatic rings. The summed E-state index contributed by atoms with van der Waals surface area (Å²) >= 11 is 0. The van der Waals surface area contributed by atoms with Gasteiger partial charge in [-0.1, -0.05) is 6.07 Å². The maximum absolute atomic E-state index is 5.89. The predicted molar refractivity (Wildman–Crippen MR) is 76.9 cm³/mol. The molecule has 3 rings (SSSR count). The van der Waals surface area contributed by atoms with E-state index in [0.29, 0.717) is 0 Å². The predicted octanol–water partition coefficient (Wildman–Crippen LogP) is 3.78. The van der Waals surface area contributed by atoms with E-state index in [2.05, 4.69) is 29.4 Å². The van der Waals surface area contributed by atoms with Crippen LogP contribution in [0.25, 0.3) is 22.2 Å². The number of furan rings is 1. The van der Waals surface area contributed by atoms with Crippen molar-refractivity contribution in [2.75, 3.05) is 7.05 Å². The summed E-state index contributed by atoms with van der Waals surface area (Å²) in [6.07, 6.45) is 1.81. The fourth-order valence-electron chi connectivity index (χ4n) is 2.11. The fraction of sp³-hybridized carbons (Fsp3) is 0.188. The molecule has 0 spiro atoms. The molecule has 0 fully saturated rings. The van der Waals surface area contributed by atoms with Crippen LogP contribution in [0.5, 0.6) is 0 Å². The highest BCUT2D eigenvalue weighted by atomic mass is 16.3. The van der Waals surface area contributed by atoms with E-state index in [1.54, 1.807) is 0 Å². The molecule has 0 bridgehead atoms. The van der Waals surface area contributed by atoms with E-state index in [-0.39, 0.29) is 6.04 Å². The summed E-state index contributed by atoms with van der Waals surface area (Å²) in [6.45, 7) is 2.08. The van der Waals surface area contributed by atoms with Gasteiger partial charge in [-0.25, -0.2) is 0 Å². The van der Waals surface area contributed by atoms with Gasteiger partial charge in [-0.2, -0.15) is 0 Å². The third-order valence-corrected chi connectivity index (χ3v) is 3.37. The number of fused-ring (bicyclic) bond motifs is 1. The molecule has 0 amide bonds. The Morgan fingerprint density at radius 3 is 2.89 bits per heavy atom. The molecule has 0 radical (unpaired) electrons. The molecule has 3 heteroatoms. The number of nitrogens with zero attached hydrogens (tertiary/aromatic N) is 1. The van der Waals surface area contributed by atoms with Gasteiger partial charge in [0.1, 0.15) is 11.5 Å². The molecule has 2 aromatic heterocycles. The van der Waals surface area contributed by atoms with Crippen molar-refractivity contribution >= 4 is 10.9 Å². The van der Waals surface area contributed by atoms with E-state index < -0.39 is 0 Å². The number of hydrogen-bond donors (Lipinski definition) is 1. The Kier molecular flexibility index (Phi) is 3.05. The Labute approximate surface area is 112 Å². The van der Waals surface area contributed by atoms with Gasteiger partial charge >= 0.3 is 0 Å². The van der Waals surface area contributed by atoms with Gasteiger partial charge in [-0.3, -0.25) is 4.98 Å². The molecular weight excluding hydrogens is 236 g/mol. The van der Waals surface area contributed by atoms with Crippen LogP contribution < -0.4 is 5.32 Å². The number of nitrogens with one attached hydrogen (secondary N) is 1. The van der Waals surface area contributed by atoms with E-state index in [4.69, 9.17) is 4.42 Å². The number of aromatic nitrogens is 1. The molecule has 19 heavy (non-hydrogen) atoms. The quantitative estimate of drug-likeness (QED) is 0.771. The first-order valence-electron chi connectivity index (χ1n) is 6.40. The van der Waals surface area contributed by atoms with Gasteiger partial charge in [0.15, 0.2) is 0 Å². The van der Waals surface area contributed by atoms with Gasteiger partial charge in [0, 0.05) is 17.1 Å². The van der Waals surface area contributed by atoms with Gasteiger partial charge in [0.05, 0.1) is 11.6 Å². The molecule has 0 aliphatic rings. The van der Waals surface area contributed by atoms with E-state index >= 15 is 0 Å². The molecule has 1 aromatic carbocycles. The normalized spacial score (nSPS) is 12.7. The summed E-state index contributed by atoms with van der Waals surface area (Å²) < 4.78 is 5.89. The largest absolute Gasteiger partial charge is 0.459 e. The maximum Gasteiger partial charge on any atom is 0.134 e. The van der Waals surface area contributed by atoms with Crippen molar-refractivity contribution in [1.29, 1.82) is 0 Å². The summed E-state index contributed by atoms with van der Waals surface area (Å²) in [6, 6.07) is 14.4. The fourth-order valence-corrected chi connectivity index (χ4v) is 2.11. The highest BCUT2D eigenvalue weighted by Crippen LogP contribution is 2.27. The first-order chi connectivity index (χ1) is 9.28. The van der Waals surface area contributed by atoms with Crippen LogP contribution in [0.3, 0.4) is 0 Å². The third-order valence-electron chi connectivity index (χ3n) is 3.37. The van der Waals surface area contributed by atoms with Gasteiger partial charge < -0.3 is 9.73 Å². The molecule has 0 saturated heterocycles. The Bertz CT molecular complexity index is 703. The molecule has 0 aliphatic heterocycles. The van der Waals surface area contributed by atoms with E-state index in [1.807, 2.05) is 43.6 Å². The average Bonchev–Trinajstić information content (AvgIpc) is 2.95. The first-order valence-corrected chi connectivity index (χ1v) is 6.40. The van der Waals surface area contributed by atoms with Crippen molar-refractivity contribution in [2.24, 2.45) is 0 Å². The van der Waals surface area contributed by atoms with Crippen molar-refractivity contribution in [3.05, 3.63) is 54.4 Å². The highest BCUT2D eigenvalue weighted by Gasteiger charge is 2.10. The molecule has 1 unspecified atom stereocenters. The number of rotatable bonds is 3. The topological polar surface area (TPSA) is 38.1 Å². The van der Waals surface area contributed by atoms with Crippen molar-refractivity contribution in [1.82, 2.24) is 10.3 Å². The Balaban J connectivity index is 2.01. The second-order valence-electron chi connectivity index (χ2n) is 4.62. The molecule has 3 nitrogen and oxygen atoms in total. The number of benzene rings is 1. The SMILES string of the molecule is CNC(C)c1ccc(-c2ccc3ncccc3c2)o1. The standard InChI is InChI=1S/C16H16N2O/c1-11(17-2)15-7-8-16(19-15)13-5-6-14-12(10-13)4-3-9-18-14/h3-11,17H,1-2H3. The Morgan fingerprint density at radius 1 is 1.16 bits per heavy atom. The van der Waals surface area contributed by atoms with Crippen LogP contribution in [0.1, 0.15) is 18.7 Å². The van der Waals surface area contributed by atoms with Crippen LogP contribution in [0.2, 0.25) is 0 Å². The minimum atomic E-state index is 0.218. The monoisotopic (exact) mass is 252 g/mol. The minimum Gasteiger partial charge on any atom is -0.459 e. The summed E-state index contributed by atoms with van der Waals surface area (Å²) in [5.74, 6) is 1.84. The molecule has 0 aliphatic carbocycles. The van der Waals surface area contributed by atoms with E-state index in [0.717, 1.165) is 28.0 Å². The first kappa shape index (κ1) is 11.9. The van der Waals surface area contributed by atoms with Crippen molar-refractivity contribution in [3.8, 4) is 11.3 Å². The second kappa shape index (κ2) is 4.86. The van der Waals surface area contributed by atoms with Gasteiger partial charge in [-0.15, -0.1) is 0 Å². The molecule has 96 valence electrons. The lowest BCUT2D eigenvalue weighted by Crippen LogP contribution is -2.10. The highest BCUT2D eigenvalue weighted by molar-refractivity contribution is 5.83. The third kappa shape index (κ3) is 2.25. The van der Waals surface area contributed by atoms with Crippen molar-refractivity contribution < 1.29 is 4.42 Å². The van der Waals surface area contributed by atoms with Crippen LogP contribution >= 0.6 is 0 Å². The Hall–Kier alpha value is -2.13. The van der Waals surface area contributed by atoms with E-state index in [1.165, 1.54) is 0 Å². The summed E-state index contributed by atoms with van der Waals surface area (Å²) in [7, 11) is 1.93. The van der Waals surface area contributed by atoms with Crippen molar-refractivity contribution in [3.63, 3.8) is 0 Å². The average molecular weight is 252 g/mol. The molecule has 1 atom stereocenters. The van der Waals surface area contributed by atoms with Crippen LogP contribution in [-0.4, -0.2) is 12.0 Å². The second-order valence-corrected chi connectivity index (χ2v) is 4.62. The van der Waals surface area contributed by atoms with Gasteiger partial charge in [0.2, 0.25) is 0 Å². The van der Waals surface area contributed by atoms with Gasteiger partial charge in [-0.05, 0) is 50.4 Å². The van der Waals surface area contributed by atoms with Gasteiger partial charge in [0.25, 0.3) is 0 Å². The van der Waals surface area contributed by atoms with Crippen molar-refractivity contribution in [2.45, 2.75) is 13.0 Å². The summed E-state index contributed by atoms with van der Waals surface area (Å²) in [5, 5.41) is 4.30. The summed E-state index contributed by atoms with van der Waals surface area (Å²) in [5.41, 5.74) is 2.08. The van der Waals surface area contributed by atoms with Crippen LogP contribution in [0, 0.1) is 0 Å². The lowest BCUT2D eigenvalue weighted by atomic mass is 10.1. The molecule has 2 heterocycles. The zero-order chi connectivity index (χ0) is 13.2.